The topological polar surface area (TPSA) is 0 Å². The lowest BCUT2D eigenvalue weighted by atomic mass is 9.74. The fourth-order valence-electron chi connectivity index (χ4n) is 3.96. The second-order valence-electron chi connectivity index (χ2n) is 6.92. The van der Waals surface area contributed by atoms with Gasteiger partial charge in [0.2, 0.25) is 0 Å². The summed E-state index contributed by atoms with van der Waals surface area (Å²) in [5.74, 6) is 2.99. The van der Waals surface area contributed by atoms with Gasteiger partial charge in [-0.1, -0.05) is 76.3 Å². The lowest BCUT2D eigenvalue weighted by Crippen LogP contribution is -2.20. The second-order valence-corrected chi connectivity index (χ2v) is 6.92. The van der Waals surface area contributed by atoms with Crippen molar-refractivity contribution in [2.45, 2.75) is 71.6 Å². The van der Waals surface area contributed by atoms with Gasteiger partial charge in [-0.25, -0.2) is 0 Å². The maximum Gasteiger partial charge on any atom is -0.0279 e. The van der Waals surface area contributed by atoms with E-state index in [-0.39, 0.29) is 0 Å². The van der Waals surface area contributed by atoms with Gasteiger partial charge in [-0.2, -0.15) is 0 Å². The second kappa shape index (κ2) is 8.49. The SMILES string of the molecule is CCCC1CCC([C@@H](C)CCCc2ccccc2)CC1. The maximum absolute atomic E-state index is 2.50. The van der Waals surface area contributed by atoms with Gasteiger partial charge in [-0.15, -0.1) is 0 Å². The Bertz CT molecular complexity index is 346. The van der Waals surface area contributed by atoms with E-state index in [9.17, 15) is 0 Å². The van der Waals surface area contributed by atoms with E-state index in [1.54, 1.807) is 0 Å². The summed E-state index contributed by atoms with van der Waals surface area (Å²) in [7, 11) is 0. The molecule has 1 aliphatic rings. The predicted molar refractivity (Wildman–Crippen MR) is 88.9 cm³/mol. The van der Waals surface area contributed by atoms with Crippen molar-refractivity contribution in [2.75, 3.05) is 0 Å². The van der Waals surface area contributed by atoms with Gasteiger partial charge in [0.25, 0.3) is 0 Å². The smallest absolute Gasteiger partial charge is 0.0279 e. The number of rotatable bonds is 7. The summed E-state index contributed by atoms with van der Waals surface area (Å²) >= 11 is 0. The van der Waals surface area contributed by atoms with Gasteiger partial charge in [-0.05, 0) is 49.0 Å². The Morgan fingerprint density at radius 2 is 1.75 bits per heavy atom. The zero-order valence-electron chi connectivity index (χ0n) is 13.5. The normalized spacial score (nSPS) is 24.5. The third-order valence-corrected chi connectivity index (χ3v) is 5.36. The Morgan fingerprint density at radius 3 is 2.40 bits per heavy atom. The minimum absolute atomic E-state index is 0.932. The first kappa shape index (κ1) is 15.6. The van der Waals surface area contributed by atoms with E-state index in [4.69, 9.17) is 0 Å². The fourth-order valence-corrected chi connectivity index (χ4v) is 3.96. The lowest BCUT2D eigenvalue weighted by Gasteiger charge is -2.32. The summed E-state index contributed by atoms with van der Waals surface area (Å²) in [6.45, 7) is 4.83. The molecule has 0 spiro atoms. The molecule has 1 fully saturated rings. The van der Waals surface area contributed by atoms with Crippen LogP contribution in [0.3, 0.4) is 0 Å². The van der Waals surface area contributed by atoms with Gasteiger partial charge in [0.05, 0.1) is 0 Å². The van der Waals surface area contributed by atoms with E-state index in [1.807, 2.05) is 0 Å². The zero-order chi connectivity index (χ0) is 14.2. The molecule has 0 amide bonds. The molecule has 0 saturated heterocycles. The highest BCUT2D eigenvalue weighted by Crippen LogP contribution is 2.36. The standard InChI is InChI=1S/C20H32/c1-3-8-18-13-15-20(16-14-18)17(2)9-7-12-19-10-5-4-6-11-19/h4-6,10-11,17-18,20H,3,7-9,12-16H2,1-2H3/t17-,18?,20?/m0/s1. The minimum atomic E-state index is 0.932. The Kier molecular flexibility index (Phi) is 6.63. The van der Waals surface area contributed by atoms with E-state index < -0.39 is 0 Å². The van der Waals surface area contributed by atoms with Gasteiger partial charge < -0.3 is 0 Å². The van der Waals surface area contributed by atoms with Gasteiger partial charge in [0.15, 0.2) is 0 Å². The molecular formula is C20H32. The Morgan fingerprint density at radius 1 is 1.05 bits per heavy atom. The van der Waals surface area contributed by atoms with Gasteiger partial charge >= 0.3 is 0 Å². The molecule has 2 rings (SSSR count). The first-order valence-electron chi connectivity index (χ1n) is 8.83. The van der Waals surface area contributed by atoms with Crippen LogP contribution in [0, 0.1) is 17.8 Å². The molecule has 1 saturated carbocycles. The molecule has 0 bridgehead atoms. The molecule has 1 aromatic carbocycles. The predicted octanol–water partition coefficient (Wildman–Crippen LogP) is 6.25. The number of hydrogen-bond acceptors (Lipinski definition) is 0. The quantitative estimate of drug-likeness (QED) is 0.550. The molecular weight excluding hydrogens is 240 g/mol. The third kappa shape index (κ3) is 4.96. The summed E-state index contributed by atoms with van der Waals surface area (Å²) in [5.41, 5.74) is 1.51. The van der Waals surface area contributed by atoms with Gasteiger partial charge in [0.1, 0.15) is 0 Å². The number of benzene rings is 1. The molecule has 0 aromatic heterocycles. The molecule has 0 unspecified atom stereocenters. The Hall–Kier alpha value is -0.780. The highest BCUT2D eigenvalue weighted by atomic mass is 14.3. The molecule has 1 aromatic rings. The summed E-state index contributed by atoms with van der Waals surface area (Å²) in [6, 6.07) is 11.0. The Balaban J connectivity index is 1.64. The molecule has 112 valence electrons. The molecule has 0 heteroatoms. The maximum atomic E-state index is 2.50. The molecule has 20 heavy (non-hydrogen) atoms. The van der Waals surface area contributed by atoms with Crippen LogP contribution in [0.4, 0.5) is 0 Å². The molecule has 0 N–H and O–H groups in total. The minimum Gasteiger partial charge on any atom is -0.0654 e. The first-order valence-corrected chi connectivity index (χ1v) is 8.83. The van der Waals surface area contributed by atoms with Crippen LogP contribution in [0.1, 0.15) is 70.8 Å². The highest BCUT2D eigenvalue weighted by molar-refractivity contribution is 5.14. The summed E-state index contributed by atoms with van der Waals surface area (Å²) in [5, 5.41) is 0. The number of hydrogen-bond donors (Lipinski definition) is 0. The average molecular weight is 272 g/mol. The van der Waals surface area contributed by atoms with E-state index in [2.05, 4.69) is 44.2 Å². The monoisotopic (exact) mass is 272 g/mol. The van der Waals surface area contributed by atoms with Crippen LogP contribution in [-0.4, -0.2) is 0 Å². The van der Waals surface area contributed by atoms with Crippen LogP contribution in [0.15, 0.2) is 30.3 Å². The van der Waals surface area contributed by atoms with Gasteiger partial charge in [0, 0.05) is 0 Å². The molecule has 1 atom stereocenters. The largest absolute Gasteiger partial charge is 0.0654 e. The average Bonchev–Trinajstić information content (AvgIpc) is 2.49. The van der Waals surface area contributed by atoms with Crippen molar-refractivity contribution in [2.24, 2.45) is 17.8 Å². The van der Waals surface area contributed by atoms with E-state index in [0.29, 0.717) is 0 Å². The van der Waals surface area contributed by atoms with Crippen LogP contribution in [0.2, 0.25) is 0 Å². The first-order chi connectivity index (χ1) is 9.79. The van der Waals surface area contributed by atoms with E-state index >= 15 is 0 Å². The molecule has 0 heterocycles. The van der Waals surface area contributed by atoms with E-state index in [1.165, 1.54) is 63.4 Å². The molecule has 0 aliphatic heterocycles. The van der Waals surface area contributed by atoms with Crippen LogP contribution < -0.4 is 0 Å². The third-order valence-electron chi connectivity index (χ3n) is 5.36. The molecule has 0 radical (unpaired) electrons. The van der Waals surface area contributed by atoms with Crippen LogP contribution >= 0.6 is 0 Å². The van der Waals surface area contributed by atoms with Crippen molar-refractivity contribution >= 4 is 0 Å². The summed E-state index contributed by atoms with van der Waals surface area (Å²) in [4.78, 5) is 0. The van der Waals surface area contributed by atoms with Crippen molar-refractivity contribution in [3.63, 3.8) is 0 Å². The summed E-state index contributed by atoms with van der Waals surface area (Å²) in [6.07, 6.45) is 12.9. The van der Waals surface area contributed by atoms with E-state index in [0.717, 1.165) is 17.8 Å². The van der Waals surface area contributed by atoms with Crippen LogP contribution in [-0.2, 0) is 6.42 Å². The van der Waals surface area contributed by atoms with Crippen LogP contribution in [0.5, 0.6) is 0 Å². The number of aryl methyl sites for hydroxylation is 1. The van der Waals surface area contributed by atoms with Crippen molar-refractivity contribution < 1.29 is 0 Å². The van der Waals surface area contributed by atoms with Crippen molar-refractivity contribution in [3.8, 4) is 0 Å². The molecule has 0 nitrogen and oxygen atoms in total. The zero-order valence-corrected chi connectivity index (χ0v) is 13.5. The van der Waals surface area contributed by atoms with Crippen LogP contribution in [0.25, 0.3) is 0 Å². The van der Waals surface area contributed by atoms with Crippen molar-refractivity contribution in [1.29, 1.82) is 0 Å². The van der Waals surface area contributed by atoms with Gasteiger partial charge in [-0.3, -0.25) is 0 Å². The summed E-state index contributed by atoms with van der Waals surface area (Å²) < 4.78 is 0. The Labute approximate surface area is 126 Å². The molecule has 1 aliphatic carbocycles. The highest BCUT2D eigenvalue weighted by Gasteiger charge is 2.24. The lowest BCUT2D eigenvalue weighted by molar-refractivity contribution is 0.198. The fraction of sp³-hybridized carbons (Fsp3) is 0.700. The van der Waals surface area contributed by atoms with Crippen molar-refractivity contribution in [1.82, 2.24) is 0 Å². The van der Waals surface area contributed by atoms with Crippen molar-refractivity contribution in [3.05, 3.63) is 35.9 Å².